The topological polar surface area (TPSA) is 41.9 Å². The molecule has 1 N–H and O–H groups in total. The van der Waals surface area contributed by atoms with Crippen molar-refractivity contribution in [2.45, 2.75) is 46.1 Å². The van der Waals surface area contributed by atoms with Crippen molar-refractivity contribution in [3.05, 3.63) is 17.7 Å². The van der Waals surface area contributed by atoms with Crippen LogP contribution >= 0.6 is 12.4 Å². The first-order valence-electron chi connectivity index (χ1n) is 7.84. The number of phenolic OH excluding ortho intramolecular Hbond substituents is 1. The van der Waals surface area contributed by atoms with Gasteiger partial charge in [-0.2, -0.15) is 0 Å². The molecule has 0 fully saturated rings. The second kappa shape index (κ2) is 11.4. The van der Waals surface area contributed by atoms with E-state index >= 15 is 0 Å². The van der Waals surface area contributed by atoms with Crippen LogP contribution in [0.5, 0.6) is 17.2 Å². The smallest absolute Gasteiger partial charge is 0.200 e. The van der Waals surface area contributed by atoms with Crippen molar-refractivity contribution < 1.29 is 14.6 Å². The first-order valence-corrected chi connectivity index (χ1v) is 7.84. The zero-order valence-corrected chi connectivity index (χ0v) is 15.0. The number of hydrogen-bond acceptors (Lipinski definition) is 4. The molecule has 128 valence electrons. The molecule has 22 heavy (non-hydrogen) atoms. The molecule has 0 bridgehead atoms. The van der Waals surface area contributed by atoms with Crippen molar-refractivity contribution in [3.8, 4) is 17.2 Å². The Morgan fingerprint density at radius 2 is 1.41 bits per heavy atom. The molecule has 4 nitrogen and oxygen atoms in total. The summed E-state index contributed by atoms with van der Waals surface area (Å²) in [6, 6.07) is 3.80. The summed E-state index contributed by atoms with van der Waals surface area (Å²) in [5.74, 6) is 1.16. The van der Waals surface area contributed by atoms with E-state index in [2.05, 4.69) is 18.7 Å². The van der Waals surface area contributed by atoms with Crippen LogP contribution < -0.4 is 9.47 Å². The van der Waals surface area contributed by atoms with Crippen LogP contribution in [0.15, 0.2) is 12.1 Å². The van der Waals surface area contributed by atoms with Gasteiger partial charge < -0.3 is 19.5 Å². The molecule has 0 aliphatic carbocycles. The summed E-state index contributed by atoms with van der Waals surface area (Å²) in [7, 11) is 4.03. The third-order valence-electron chi connectivity index (χ3n) is 3.11. The van der Waals surface area contributed by atoms with E-state index in [0.29, 0.717) is 24.7 Å². The van der Waals surface area contributed by atoms with Crippen molar-refractivity contribution in [2.75, 3.05) is 27.3 Å². The Kier molecular flexibility index (Phi) is 10.9. The first-order chi connectivity index (χ1) is 10.1. The van der Waals surface area contributed by atoms with E-state index in [0.717, 1.165) is 37.8 Å². The van der Waals surface area contributed by atoms with Crippen molar-refractivity contribution in [2.24, 2.45) is 0 Å². The summed E-state index contributed by atoms with van der Waals surface area (Å²) in [5, 5.41) is 10.3. The highest BCUT2D eigenvalue weighted by atomic mass is 35.5. The van der Waals surface area contributed by atoms with Gasteiger partial charge >= 0.3 is 0 Å². The molecule has 0 spiro atoms. The zero-order chi connectivity index (χ0) is 15.7. The minimum atomic E-state index is 0. The fraction of sp³-hybridized carbons (Fsp3) is 0.647. The summed E-state index contributed by atoms with van der Waals surface area (Å²) in [6.07, 6.45) is 4.09. The quantitative estimate of drug-likeness (QED) is 0.651. The van der Waals surface area contributed by atoms with Crippen LogP contribution in [0.4, 0.5) is 0 Å². The molecule has 0 saturated carbocycles. The molecule has 0 aliphatic heterocycles. The molecule has 1 aromatic carbocycles. The van der Waals surface area contributed by atoms with Crippen molar-refractivity contribution in [3.63, 3.8) is 0 Å². The van der Waals surface area contributed by atoms with Crippen molar-refractivity contribution in [1.82, 2.24) is 4.90 Å². The lowest BCUT2D eigenvalue weighted by molar-refractivity contribution is 0.266. The molecule has 1 aromatic rings. The largest absolute Gasteiger partial charge is 0.502 e. The van der Waals surface area contributed by atoms with E-state index in [4.69, 9.17) is 9.47 Å². The number of phenols is 1. The predicted octanol–water partition coefficient (Wildman–Crippen LogP) is 4.23. The Morgan fingerprint density at radius 3 is 1.77 bits per heavy atom. The number of halogens is 1. The highest BCUT2D eigenvalue weighted by Crippen LogP contribution is 2.38. The second-order valence-electron chi connectivity index (χ2n) is 5.58. The lowest BCUT2D eigenvalue weighted by atomic mass is 10.1. The number of hydrogen-bond donors (Lipinski definition) is 1. The van der Waals surface area contributed by atoms with Crippen LogP contribution in [-0.2, 0) is 6.54 Å². The molecule has 5 heteroatoms. The number of aromatic hydroxyl groups is 1. The van der Waals surface area contributed by atoms with Gasteiger partial charge in [0.15, 0.2) is 11.5 Å². The second-order valence-corrected chi connectivity index (χ2v) is 5.58. The van der Waals surface area contributed by atoms with Gasteiger partial charge in [0.2, 0.25) is 5.75 Å². The van der Waals surface area contributed by atoms with Crippen LogP contribution in [0, 0.1) is 0 Å². The van der Waals surface area contributed by atoms with E-state index in [1.54, 1.807) is 0 Å². The Bertz CT molecular complexity index is 393. The zero-order valence-electron chi connectivity index (χ0n) is 14.2. The number of nitrogens with zero attached hydrogens (tertiary/aromatic N) is 1. The van der Waals surface area contributed by atoms with Crippen LogP contribution in [0.2, 0.25) is 0 Å². The fourth-order valence-electron chi connectivity index (χ4n) is 1.97. The number of rotatable bonds is 10. The minimum absolute atomic E-state index is 0. The van der Waals surface area contributed by atoms with E-state index in [9.17, 15) is 5.11 Å². The molecule has 0 saturated heterocycles. The number of benzene rings is 1. The molecule has 0 heterocycles. The Morgan fingerprint density at radius 1 is 0.955 bits per heavy atom. The maximum absolute atomic E-state index is 10.3. The first kappa shape index (κ1) is 20.9. The van der Waals surface area contributed by atoms with E-state index < -0.39 is 0 Å². The average Bonchev–Trinajstić information content (AvgIpc) is 2.43. The third kappa shape index (κ3) is 7.23. The van der Waals surface area contributed by atoms with Gasteiger partial charge in [-0.25, -0.2) is 0 Å². The van der Waals surface area contributed by atoms with Crippen LogP contribution in [0.1, 0.15) is 45.1 Å². The summed E-state index contributed by atoms with van der Waals surface area (Å²) in [4.78, 5) is 2.08. The third-order valence-corrected chi connectivity index (χ3v) is 3.11. The molecular weight excluding hydrogens is 302 g/mol. The van der Waals surface area contributed by atoms with E-state index in [-0.39, 0.29) is 18.2 Å². The number of ether oxygens (including phenoxy) is 2. The maximum atomic E-state index is 10.3. The van der Waals surface area contributed by atoms with Gasteiger partial charge in [0, 0.05) is 6.54 Å². The van der Waals surface area contributed by atoms with Gasteiger partial charge in [0.1, 0.15) is 0 Å². The lowest BCUT2D eigenvalue weighted by Gasteiger charge is -2.16. The van der Waals surface area contributed by atoms with Gasteiger partial charge in [-0.1, -0.05) is 26.7 Å². The van der Waals surface area contributed by atoms with Gasteiger partial charge in [-0.15, -0.1) is 12.4 Å². The molecule has 0 radical (unpaired) electrons. The number of unbranched alkanes of at least 4 members (excludes halogenated alkanes) is 2. The molecule has 0 atom stereocenters. The predicted molar refractivity (Wildman–Crippen MR) is 93.6 cm³/mol. The molecule has 0 aliphatic rings. The summed E-state index contributed by atoms with van der Waals surface area (Å²) in [5.41, 5.74) is 1.08. The highest BCUT2D eigenvalue weighted by Gasteiger charge is 2.13. The normalized spacial score (nSPS) is 10.4. The van der Waals surface area contributed by atoms with Gasteiger partial charge in [-0.05, 0) is 44.6 Å². The fourth-order valence-corrected chi connectivity index (χ4v) is 1.97. The minimum Gasteiger partial charge on any atom is -0.502 e. The average molecular weight is 332 g/mol. The Labute approximate surface area is 140 Å². The Balaban J connectivity index is 0.00000441. The van der Waals surface area contributed by atoms with Crippen LogP contribution in [0.25, 0.3) is 0 Å². The van der Waals surface area contributed by atoms with Crippen molar-refractivity contribution >= 4 is 12.4 Å². The summed E-state index contributed by atoms with van der Waals surface area (Å²) >= 11 is 0. The van der Waals surface area contributed by atoms with Gasteiger partial charge in [-0.3, -0.25) is 0 Å². The molecule has 0 amide bonds. The van der Waals surface area contributed by atoms with Gasteiger partial charge in [0.25, 0.3) is 0 Å². The van der Waals surface area contributed by atoms with Crippen LogP contribution in [-0.4, -0.2) is 37.3 Å². The summed E-state index contributed by atoms with van der Waals surface area (Å²) in [6.45, 7) is 6.25. The standard InChI is InChI=1S/C17H29NO3.ClH/c1-5-7-9-20-15-11-14(13-18(3)4)12-16(17(15)19)21-10-8-6-2;/h11-12,19H,5-10,13H2,1-4H3;1H. The Hall–Kier alpha value is -1.13. The summed E-state index contributed by atoms with van der Waals surface area (Å²) < 4.78 is 11.4. The highest BCUT2D eigenvalue weighted by molar-refractivity contribution is 5.85. The lowest BCUT2D eigenvalue weighted by Crippen LogP contribution is -2.11. The SMILES string of the molecule is CCCCOc1cc(CN(C)C)cc(OCCCC)c1O.Cl. The van der Waals surface area contributed by atoms with Gasteiger partial charge in [0.05, 0.1) is 13.2 Å². The monoisotopic (exact) mass is 331 g/mol. The molecule has 0 aromatic heterocycles. The van der Waals surface area contributed by atoms with Crippen molar-refractivity contribution in [1.29, 1.82) is 0 Å². The van der Waals surface area contributed by atoms with Crippen LogP contribution in [0.3, 0.4) is 0 Å². The van der Waals surface area contributed by atoms with E-state index in [1.165, 1.54) is 0 Å². The molecule has 0 unspecified atom stereocenters. The molecular formula is C17H30ClNO3. The van der Waals surface area contributed by atoms with E-state index in [1.807, 2.05) is 26.2 Å². The molecule has 1 rings (SSSR count). The maximum Gasteiger partial charge on any atom is 0.200 e.